The Kier molecular flexibility index (Phi) is 5.37. The molecule has 9 nitrogen and oxygen atoms in total. The molecule has 1 amide bonds. The van der Waals surface area contributed by atoms with E-state index in [4.69, 9.17) is 0 Å². The fraction of sp³-hybridized carbons (Fsp3) is 0.350. The molecular formula is C20H22N6O3. The molecule has 1 saturated heterocycles. The Bertz CT molecular complexity index is 1100. The number of carbonyl (C=O) groups is 1. The van der Waals surface area contributed by atoms with Crippen LogP contribution in [-0.2, 0) is 17.8 Å². The van der Waals surface area contributed by atoms with Crippen molar-refractivity contribution in [1.29, 1.82) is 0 Å². The van der Waals surface area contributed by atoms with Crippen molar-refractivity contribution in [3.05, 3.63) is 80.9 Å². The molecule has 1 fully saturated rings. The van der Waals surface area contributed by atoms with Crippen molar-refractivity contribution in [3.63, 3.8) is 0 Å². The van der Waals surface area contributed by atoms with Crippen LogP contribution in [0.2, 0.25) is 0 Å². The van der Waals surface area contributed by atoms with Gasteiger partial charge in [0.05, 0.1) is 18.7 Å². The van der Waals surface area contributed by atoms with Gasteiger partial charge in [-0.3, -0.25) is 19.6 Å². The van der Waals surface area contributed by atoms with Gasteiger partial charge < -0.3 is 14.5 Å². The molecule has 3 aromatic heterocycles. The van der Waals surface area contributed by atoms with E-state index in [1.54, 1.807) is 17.3 Å². The zero-order valence-corrected chi connectivity index (χ0v) is 15.9. The van der Waals surface area contributed by atoms with E-state index in [-0.39, 0.29) is 23.8 Å². The van der Waals surface area contributed by atoms with Crippen molar-refractivity contribution >= 4 is 5.91 Å². The minimum Gasteiger partial charge on any atom is -0.342 e. The average Bonchev–Trinajstić information content (AvgIpc) is 3.19. The molecule has 150 valence electrons. The highest BCUT2D eigenvalue weighted by Crippen LogP contribution is 2.26. The molecule has 4 rings (SSSR count). The summed E-state index contributed by atoms with van der Waals surface area (Å²) in [6, 6.07) is 5.82. The van der Waals surface area contributed by atoms with E-state index in [9.17, 15) is 14.4 Å². The summed E-state index contributed by atoms with van der Waals surface area (Å²) in [5.74, 6) is 0.936. The number of amides is 1. The number of nitrogens with one attached hydrogen (secondary N) is 2. The number of hydrogen-bond donors (Lipinski definition) is 2. The highest BCUT2D eigenvalue weighted by atomic mass is 16.2. The molecule has 29 heavy (non-hydrogen) atoms. The third kappa shape index (κ3) is 4.34. The van der Waals surface area contributed by atoms with Gasteiger partial charge in [-0.05, 0) is 25.0 Å². The summed E-state index contributed by atoms with van der Waals surface area (Å²) in [5.41, 5.74) is 0.103. The minimum atomic E-state index is -0.580. The lowest BCUT2D eigenvalue weighted by molar-refractivity contribution is -0.131. The summed E-state index contributed by atoms with van der Waals surface area (Å²) >= 11 is 0. The number of aromatic amines is 2. The number of pyridine rings is 1. The summed E-state index contributed by atoms with van der Waals surface area (Å²) in [6.45, 7) is 1.84. The zero-order chi connectivity index (χ0) is 20.2. The van der Waals surface area contributed by atoms with Crippen molar-refractivity contribution in [2.75, 3.05) is 13.1 Å². The predicted octanol–water partition coefficient (Wildman–Crippen LogP) is 0.652. The summed E-state index contributed by atoms with van der Waals surface area (Å²) in [6.07, 6.45) is 8.56. The van der Waals surface area contributed by atoms with Crippen LogP contribution in [0, 0.1) is 0 Å². The van der Waals surface area contributed by atoms with Gasteiger partial charge in [0.15, 0.2) is 0 Å². The summed E-state index contributed by atoms with van der Waals surface area (Å²) in [5, 5.41) is 0. The van der Waals surface area contributed by atoms with Gasteiger partial charge in [0.2, 0.25) is 5.91 Å². The predicted molar refractivity (Wildman–Crippen MR) is 106 cm³/mol. The lowest BCUT2D eigenvalue weighted by Crippen LogP contribution is -2.41. The quantitative estimate of drug-likeness (QED) is 0.659. The molecule has 1 atom stereocenters. The Morgan fingerprint density at radius 3 is 2.90 bits per heavy atom. The van der Waals surface area contributed by atoms with Crippen LogP contribution in [0.5, 0.6) is 0 Å². The van der Waals surface area contributed by atoms with Gasteiger partial charge in [-0.25, -0.2) is 9.78 Å². The van der Waals surface area contributed by atoms with Crippen molar-refractivity contribution in [2.45, 2.75) is 31.7 Å². The van der Waals surface area contributed by atoms with Gasteiger partial charge in [-0.15, -0.1) is 0 Å². The fourth-order valence-corrected chi connectivity index (χ4v) is 3.74. The Hall–Kier alpha value is -3.49. The first-order chi connectivity index (χ1) is 14.1. The first kappa shape index (κ1) is 18.9. The average molecular weight is 394 g/mol. The zero-order valence-electron chi connectivity index (χ0n) is 15.9. The van der Waals surface area contributed by atoms with E-state index in [0.29, 0.717) is 19.6 Å². The molecule has 1 aliphatic heterocycles. The van der Waals surface area contributed by atoms with Crippen molar-refractivity contribution in [1.82, 2.24) is 29.4 Å². The van der Waals surface area contributed by atoms with Gasteiger partial charge in [0.25, 0.3) is 5.56 Å². The van der Waals surface area contributed by atoms with E-state index in [1.165, 1.54) is 6.20 Å². The maximum atomic E-state index is 12.7. The lowest BCUT2D eigenvalue weighted by atomic mass is 9.96. The number of rotatable bonds is 5. The number of piperidine rings is 1. The maximum Gasteiger partial charge on any atom is 0.325 e. The van der Waals surface area contributed by atoms with Crippen LogP contribution in [-0.4, -0.2) is 48.4 Å². The van der Waals surface area contributed by atoms with Crippen molar-refractivity contribution in [3.8, 4) is 0 Å². The number of carbonyl (C=O) groups excluding carboxylic acids is 1. The van der Waals surface area contributed by atoms with E-state index >= 15 is 0 Å². The van der Waals surface area contributed by atoms with Crippen LogP contribution in [0.3, 0.4) is 0 Å². The number of hydrogen-bond acceptors (Lipinski definition) is 5. The third-order valence-electron chi connectivity index (χ3n) is 5.18. The molecule has 9 heteroatoms. The second kappa shape index (κ2) is 8.26. The summed E-state index contributed by atoms with van der Waals surface area (Å²) in [4.78, 5) is 51.0. The number of imidazole rings is 1. The van der Waals surface area contributed by atoms with Crippen LogP contribution < -0.4 is 11.2 Å². The van der Waals surface area contributed by atoms with Gasteiger partial charge in [-0.2, -0.15) is 0 Å². The van der Waals surface area contributed by atoms with Gasteiger partial charge in [0, 0.05) is 49.4 Å². The van der Waals surface area contributed by atoms with E-state index in [0.717, 1.165) is 24.4 Å². The third-order valence-corrected chi connectivity index (χ3v) is 5.18. The Morgan fingerprint density at radius 1 is 1.21 bits per heavy atom. The number of aromatic nitrogens is 5. The normalized spacial score (nSPS) is 16.7. The van der Waals surface area contributed by atoms with E-state index < -0.39 is 11.2 Å². The molecule has 4 heterocycles. The molecule has 2 N–H and O–H groups in total. The van der Waals surface area contributed by atoms with Crippen LogP contribution in [0.4, 0.5) is 0 Å². The number of likely N-dealkylation sites (tertiary alicyclic amines) is 1. The summed E-state index contributed by atoms with van der Waals surface area (Å²) < 4.78 is 2.08. The van der Waals surface area contributed by atoms with E-state index in [1.807, 2.05) is 24.4 Å². The Balaban J connectivity index is 1.46. The smallest absolute Gasteiger partial charge is 0.325 e. The van der Waals surface area contributed by atoms with Crippen LogP contribution in [0.1, 0.15) is 35.8 Å². The molecular weight excluding hydrogens is 372 g/mol. The van der Waals surface area contributed by atoms with Crippen LogP contribution in [0.25, 0.3) is 0 Å². The van der Waals surface area contributed by atoms with E-state index in [2.05, 4.69) is 24.5 Å². The first-order valence-corrected chi connectivity index (χ1v) is 9.60. The molecule has 0 unspecified atom stereocenters. The second-order valence-electron chi connectivity index (χ2n) is 7.19. The highest BCUT2D eigenvalue weighted by Gasteiger charge is 2.27. The fourth-order valence-electron chi connectivity index (χ4n) is 3.74. The number of H-pyrrole nitrogens is 2. The van der Waals surface area contributed by atoms with Crippen LogP contribution >= 0.6 is 0 Å². The lowest BCUT2D eigenvalue weighted by Gasteiger charge is -2.32. The molecule has 0 saturated carbocycles. The molecule has 1 aliphatic rings. The second-order valence-corrected chi connectivity index (χ2v) is 7.19. The molecule has 0 bridgehead atoms. The van der Waals surface area contributed by atoms with Crippen LogP contribution in [0.15, 0.2) is 52.6 Å². The standard InChI is InChI=1S/C20H22N6O3/c27-17(10-15-11-23-20(29)24-19(15)28)25-8-3-4-14(12-25)18-22-7-9-26(18)13-16-5-1-2-6-21-16/h1-2,5-7,9,11,14H,3-4,8,10,12-13H2,(H2,23,24,28,29)/t14-/m0/s1. The minimum absolute atomic E-state index is 0.0405. The molecule has 3 aromatic rings. The number of nitrogens with zero attached hydrogens (tertiary/aromatic N) is 4. The Labute approximate surface area is 166 Å². The molecule has 0 aliphatic carbocycles. The molecule has 0 aromatic carbocycles. The SMILES string of the molecule is O=C(Cc1c[nH]c(=O)[nH]c1=O)N1CCC[C@H](c2nccn2Cc2ccccn2)C1. The van der Waals surface area contributed by atoms with Crippen molar-refractivity contribution in [2.24, 2.45) is 0 Å². The highest BCUT2D eigenvalue weighted by molar-refractivity contribution is 5.78. The monoisotopic (exact) mass is 394 g/mol. The molecule has 0 spiro atoms. The maximum absolute atomic E-state index is 12.7. The van der Waals surface area contributed by atoms with Gasteiger partial charge >= 0.3 is 5.69 Å². The summed E-state index contributed by atoms with van der Waals surface area (Å²) in [7, 11) is 0. The van der Waals surface area contributed by atoms with Gasteiger partial charge in [0.1, 0.15) is 5.82 Å². The topological polar surface area (TPSA) is 117 Å². The first-order valence-electron chi connectivity index (χ1n) is 9.60. The largest absolute Gasteiger partial charge is 0.342 e. The molecule has 0 radical (unpaired) electrons. The van der Waals surface area contributed by atoms with Crippen molar-refractivity contribution < 1.29 is 4.79 Å². The van der Waals surface area contributed by atoms with Gasteiger partial charge in [-0.1, -0.05) is 6.07 Å². The Morgan fingerprint density at radius 2 is 2.10 bits per heavy atom.